The average molecular weight is 453 g/mol. The highest BCUT2D eigenvalue weighted by Gasteiger charge is 2.42. The number of hydrogen-bond donors (Lipinski definition) is 0. The van der Waals surface area contributed by atoms with Crippen LogP contribution < -0.4 is 9.64 Å². The van der Waals surface area contributed by atoms with Crippen molar-refractivity contribution in [2.24, 2.45) is 0 Å². The molecule has 2 amide bonds. The first-order valence-electron chi connectivity index (χ1n) is 11.7. The summed E-state index contributed by atoms with van der Waals surface area (Å²) in [6.07, 6.45) is 2.50. The highest BCUT2D eigenvalue weighted by molar-refractivity contribution is 6.36. The second-order valence-corrected chi connectivity index (χ2v) is 8.83. The van der Waals surface area contributed by atoms with Gasteiger partial charge in [0.2, 0.25) is 0 Å². The molecule has 5 heteroatoms. The van der Waals surface area contributed by atoms with Crippen LogP contribution in [0.25, 0.3) is 5.57 Å². The van der Waals surface area contributed by atoms with Gasteiger partial charge in [-0.2, -0.15) is 0 Å². The topological polar surface area (TPSA) is 49.9 Å². The molecule has 34 heavy (non-hydrogen) atoms. The van der Waals surface area contributed by atoms with Gasteiger partial charge in [-0.3, -0.25) is 14.5 Å². The SMILES string of the molecule is COc1ccc(CCN2C(=O)C(c3ccc(C)cc3)=C(N3CCCc4ccccc43)C2=O)cc1. The Morgan fingerprint density at radius 3 is 2.35 bits per heavy atom. The van der Waals surface area contributed by atoms with Crippen molar-refractivity contribution in [1.29, 1.82) is 0 Å². The molecule has 2 aliphatic rings. The number of carbonyl (C=O) groups is 2. The summed E-state index contributed by atoms with van der Waals surface area (Å²) in [5.41, 5.74) is 6.17. The second-order valence-electron chi connectivity index (χ2n) is 8.83. The maximum atomic E-state index is 13.8. The molecule has 2 aliphatic heterocycles. The van der Waals surface area contributed by atoms with Gasteiger partial charge < -0.3 is 9.64 Å². The van der Waals surface area contributed by atoms with Gasteiger partial charge >= 0.3 is 0 Å². The van der Waals surface area contributed by atoms with Crippen LogP contribution in [0.2, 0.25) is 0 Å². The van der Waals surface area contributed by atoms with Crippen LogP contribution in [0.15, 0.2) is 78.5 Å². The van der Waals surface area contributed by atoms with E-state index in [1.165, 1.54) is 10.5 Å². The van der Waals surface area contributed by atoms with Crippen molar-refractivity contribution < 1.29 is 14.3 Å². The lowest BCUT2D eigenvalue weighted by molar-refractivity contribution is -0.136. The third-order valence-electron chi connectivity index (χ3n) is 6.65. The zero-order valence-corrected chi connectivity index (χ0v) is 19.6. The lowest BCUT2D eigenvalue weighted by atomic mass is 9.98. The van der Waals surface area contributed by atoms with Crippen LogP contribution >= 0.6 is 0 Å². The summed E-state index contributed by atoms with van der Waals surface area (Å²) in [6.45, 7) is 3.06. The van der Waals surface area contributed by atoms with E-state index >= 15 is 0 Å². The predicted molar refractivity (Wildman–Crippen MR) is 134 cm³/mol. The number of anilines is 1. The normalized spacial score (nSPS) is 15.7. The molecule has 0 aliphatic carbocycles. The molecule has 2 heterocycles. The number of para-hydroxylation sites is 1. The lowest BCUT2D eigenvalue weighted by Crippen LogP contribution is -2.38. The van der Waals surface area contributed by atoms with Crippen LogP contribution in [0.5, 0.6) is 5.75 Å². The summed E-state index contributed by atoms with van der Waals surface area (Å²) in [5, 5.41) is 0. The molecule has 0 unspecified atom stereocenters. The van der Waals surface area contributed by atoms with E-state index in [4.69, 9.17) is 4.74 Å². The van der Waals surface area contributed by atoms with Crippen molar-refractivity contribution in [3.05, 3.63) is 101 Å². The Morgan fingerprint density at radius 1 is 0.882 bits per heavy atom. The summed E-state index contributed by atoms with van der Waals surface area (Å²) < 4.78 is 5.23. The Bertz CT molecular complexity index is 1260. The van der Waals surface area contributed by atoms with Crippen molar-refractivity contribution in [3.8, 4) is 5.75 Å². The second kappa shape index (κ2) is 9.18. The van der Waals surface area contributed by atoms with E-state index in [1.54, 1.807) is 7.11 Å². The number of imide groups is 1. The first-order chi connectivity index (χ1) is 16.6. The Kier molecular flexibility index (Phi) is 5.93. The molecule has 0 saturated heterocycles. The van der Waals surface area contributed by atoms with E-state index in [-0.39, 0.29) is 11.8 Å². The number of ether oxygens (including phenoxy) is 1. The van der Waals surface area contributed by atoms with Crippen molar-refractivity contribution in [2.45, 2.75) is 26.2 Å². The molecule has 0 spiro atoms. The van der Waals surface area contributed by atoms with Crippen LogP contribution in [0.4, 0.5) is 5.69 Å². The Labute approximate surface area is 200 Å². The highest BCUT2D eigenvalue weighted by Crippen LogP contribution is 2.38. The molecular weight excluding hydrogens is 424 g/mol. The van der Waals surface area contributed by atoms with E-state index in [0.29, 0.717) is 30.8 Å². The maximum Gasteiger partial charge on any atom is 0.278 e. The van der Waals surface area contributed by atoms with E-state index in [9.17, 15) is 9.59 Å². The molecule has 0 bridgehead atoms. The van der Waals surface area contributed by atoms with Crippen LogP contribution in [0.3, 0.4) is 0 Å². The van der Waals surface area contributed by atoms with Crippen LogP contribution in [0.1, 0.15) is 28.7 Å². The standard InChI is InChI=1S/C29H28N2O3/c1-20-9-13-23(14-10-20)26-27(30-18-5-7-22-6-3-4-8-25(22)30)29(33)31(28(26)32)19-17-21-11-15-24(34-2)16-12-21/h3-4,6,8-16H,5,7,17-19H2,1-2H3. The minimum Gasteiger partial charge on any atom is -0.497 e. The summed E-state index contributed by atoms with van der Waals surface area (Å²) in [4.78, 5) is 30.9. The molecule has 0 N–H and O–H groups in total. The zero-order chi connectivity index (χ0) is 23.7. The molecule has 0 saturated carbocycles. The van der Waals surface area contributed by atoms with Gasteiger partial charge in [-0.05, 0) is 61.1 Å². The number of amides is 2. The van der Waals surface area contributed by atoms with Gasteiger partial charge in [0.05, 0.1) is 12.7 Å². The third kappa shape index (κ3) is 3.98. The third-order valence-corrected chi connectivity index (χ3v) is 6.65. The molecule has 5 rings (SSSR count). The number of methoxy groups -OCH3 is 1. The van der Waals surface area contributed by atoms with Crippen molar-refractivity contribution in [1.82, 2.24) is 4.90 Å². The van der Waals surface area contributed by atoms with Gasteiger partial charge in [0.25, 0.3) is 11.8 Å². The van der Waals surface area contributed by atoms with E-state index in [2.05, 4.69) is 11.0 Å². The van der Waals surface area contributed by atoms with Crippen molar-refractivity contribution in [3.63, 3.8) is 0 Å². The first-order valence-corrected chi connectivity index (χ1v) is 11.7. The van der Waals surface area contributed by atoms with Crippen molar-refractivity contribution in [2.75, 3.05) is 25.1 Å². The molecule has 172 valence electrons. The minimum absolute atomic E-state index is 0.217. The summed E-state index contributed by atoms with van der Waals surface area (Å²) in [5.74, 6) is 0.345. The van der Waals surface area contributed by atoms with Gasteiger partial charge in [0.15, 0.2) is 0 Å². The fraction of sp³-hybridized carbons (Fsp3) is 0.241. The monoisotopic (exact) mass is 452 g/mol. The van der Waals surface area contributed by atoms with Crippen LogP contribution in [-0.2, 0) is 22.4 Å². The van der Waals surface area contributed by atoms with E-state index in [0.717, 1.165) is 41.0 Å². The van der Waals surface area contributed by atoms with Gasteiger partial charge in [-0.25, -0.2) is 0 Å². The number of hydrogen-bond acceptors (Lipinski definition) is 4. The number of rotatable bonds is 6. The molecule has 5 nitrogen and oxygen atoms in total. The lowest BCUT2D eigenvalue weighted by Gasteiger charge is -2.32. The largest absolute Gasteiger partial charge is 0.497 e. The molecule has 3 aromatic carbocycles. The molecule has 0 fully saturated rings. The minimum atomic E-state index is -0.222. The summed E-state index contributed by atoms with van der Waals surface area (Å²) in [6, 6.07) is 23.8. The number of benzene rings is 3. The fourth-order valence-corrected chi connectivity index (χ4v) is 4.80. The van der Waals surface area contributed by atoms with Gasteiger partial charge in [-0.1, -0.05) is 60.2 Å². The number of carbonyl (C=O) groups excluding carboxylic acids is 2. The Morgan fingerprint density at radius 2 is 1.62 bits per heavy atom. The van der Waals surface area contributed by atoms with Crippen molar-refractivity contribution >= 4 is 23.1 Å². The smallest absolute Gasteiger partial charge is 0.278 e. The number of aryl methyl sites for hydroxylation is 2. The van der Waals surface area contributed by atoms with E-state index in [1.807, 2.05) is 73.7 Å². The van der Waals surface area contributed by atoms with Crippen LogP contribution in [0, 0.1) is 6.92 Å². The van der Waals surface area contributed by atoms with Gasteiger partial charge in [0, 0.05) is 18.8 Å². The summed E-state index contributed by atoms with van der Waals surface area (Å²) >= 11 is 0. The molecular formula is C29H28N2O3. The highest BCUT2D eigenvalue weighted by atomic mass is 16.5. The number of nitrogens with zero attached hydrogens (tertiary/aromatic N) is 2. The fourth-order valence-electron chi connectivity index (χ4n) is 4.80. The first kappa shape index (κ1) is 22.0. The molecule has 0 atom stereocenters. The summed E-state index contributed by atoms with van der Waals surface area (Å²) in [7, 11) is 1.63. The molecule has 0 radical (unpaired) electrons. The zero-order valence-electron chi connectivity index (χ0n) is 19.6. The van der Waals surface area contributed by atoms with E-state index < -0.39 is 0 Å². The van der Waals surface area contributed by atoms with Gasteiger partial charge in [0.1, 0.15) is 11.4 Å². The maximum absolute atomic E-state index is 13.8. The predicted octanol–water partition coefficient (Wildman–Crippen LogP) is 4.78. The number of fused-ring (bicyclic) bond motifs is 1. The van der Waals surface area contributed by atoms with Gasteiger partial charge in [-0.15, -0.1) is 0 Å². The quantitative estimate of drug-likeness (QED) is 0.505. The Hall–Kier alpha value is -3.86. The Balaban J connectivity index is 1.51. The average Bonchev–Trinajstić information content (AvgIpc) is 3.12. The molecule has 0 aromatic heterocycles. The molecule has 3 aromatic rings. The van der Waals surface area contributed by atoms with Crippen LogP contribution in [-0.4, -0.2) is 36.9 Å².